The van der Waals surface area contributed by atoms with Crippen molar-refractivity contribution in [3.05, 3.63) is 28.5 Å². The minimum atomic E-state index is -0.278. The zero-order chi connectivity index (χ0) is 12.3. The maximum absolute atomic E-state index is 13.0. The van der Waals surface area contributed by atoms with Gasteiger partial charge in [-0.1, -0.05) is 6.92 Å². The van der Waals surface area contributed by atoms with E-state index in [0.717, 1.165) is 23.7 Å². The molecule has 0 atom stereocenters. The van der Waals surface area contributed by atoms with Crippen LogP contribution in [0.5, 0.6) is 0 Å². The van der Waals surface area contributed by atoms with Gasteiger partial charge in [0.15, 0.2) is 5.82 Å². The van der Waals surface area contributed by atoms with Gasteiger partial charge < -0.3 is 5.32 Å². The van der Waals surface area contributed by atoms with Crippen LogP contribution in [0.2, 0.25) is 0 Å². The van der Waals surface area contributed by atoms with Gasteiger partial charge in [0.05, 0.1) is 0 Å². The summed E-state index contributed by atoms with van der Waals surface area (Å²) in [4.78, 5) is 4.35. The summed E-state index contributed by atoms with van der Waals surface area (Å²) in [5.74, 6) is 0.334. The highest BCUT2D eigenvalue weighted by Crippen LogP contribution is 2.28. The molecule has 0 radical (unpaired) electrons. The van der Waals surface area contributed by atoms with Crippen LogP contribution >= 0.6 is 27.5 Å². The van der Waals surface area contributed by atoms with E-state index in [1.807, 2.05) is 0 Å². The van der Waals surface area contributed by atoms with Crippen LogP contribution in [0.4, 0.5) is 9.52 Å². The van der Waals surface area contributed by atoms with Gasteiger partial charge in [0, 0.05) is 28.1 Å². The van der Waals surface area contributed by atoms with Gasteiger partial charge in [0.2, 0.25) is 5.13 Å². The molecule has 0 aliphatic carbocycles. The summed E-state index contributed by atoms with van der Waals surface area (Å²) in [6.07, 6.45) is 1.04. The zero-order valence-corrected chi connectivity index (χ0v) is 11.6. The predicted molar refractivity (Wildman–Crippen MR) is 71.8 cm³/mol. The van der Waals surface area contributed by atoms with Crippen LogP contribution in [-0.4, -0.2) is 15.9 Å². The first kappa shape index (κ1) is 12.4. The molecule has 0 unspecified atom stereocenters. The second kappa shape index (κ2) is 5.55. The largest absolute Gasteiger partial charge is 0.360 e. The Morgan fingerprint density at radius 2 is 2.29 bits per heavy atom. The molecule has 0 saturated heterocycles. The molecule has 17 heavy (non-hydrogen) atoms. The van der Waals surface area contributed by atoms with Gasteiger partial charge in [-0.3, -0.25) is 0 Å². The van der Waals surface area contributed by atoms with Crippen molar-refractivity contribution in [3.8, 4) is 11.4 Å². The molecule has 0 fully saturated rings. The van der Waals surface area contributed by atoms with E-state index >= 15 is 0 Å². The van der Waals surface area contributed by atoms with Crippen molar-refractivity contribution in [3.63, 3.8) is 0 Å². The van der Waals surface area contributed by atoms with E-state index < -0.39 is 0 Å². The lowest BCUT2D eigenvalue weighted by Gasteiger charge is -1.99. The maximum Gasteiger partial charge on any atom is 0.202 e. The number of aromatic nitrogens is 2. The summed E-state index contributed by atoms with van der Waals surface area (Å²) in [7, 11) is 0. The second-order valence-electron chi connectivity index (χ2n) is 3.47. The summed E-state index contributed by atoms with van der Waals surface area (Å²) < 4.78 is 17.9. The topological polar surface area (TPSA) is 37.8 Å². The van der Waals surface area contributed by atoms with Crippen LogP contribution in [0, 0.1) is 5.82 Å². The van der Waals surface area contributed by atoms with Gasteiger partial charge in [0.25, 0.3) is 0 Å². The molecule has 0 aliphatic heterocycles. The van der Waals surface area contributed by atoms with Gasteiger partial charge in [-0.2, -0.15) is 9.36 Å². The molecular weight excluding hydrogens is 305 g/mol. The fourth-order valence-electron chi connectivity index (χ4n) is 1.31. The Kier molecular flexibility index (Phi) is 4.06. The molecule has 2 rings (SSSR count). The van der Waals surface area contributed by atoms with Crippen molar-refractivity contribution in [2.75, 3.05) is 11.9 Å². The molecule has 0 aliphatic rings. The number of nitrogens with zero attached hydrogens (tertiary/aromatic N) is 2. The van der Waals surface area contributed by atoms with E-state index in [-0.39, 0.29) is 5.82 Å². The van der Waals surface area contributed by atoms with Gasteiger partial charge in [0.1, 0.15) is 5.82 Å². The van der Waals surface area contributed by atoms with Crippen molar-refractivity contribution < 1.29 is 4.39 Å². The van der Waals surface area contributed by atoms with Crippen molar-refractivity contribution >= 4 is 32.6 Å². The lowest BCUT2D eigenvalue weighted by atomic mass is 10.2. The average Bonchev–Trinajstić information content (AvgIpc) is 2.75. The van der Waals surface area contributed by atoms with Gasteiger partial charge in [-0.25, -0.2) is 4.39 Å². The van der Waals surface area contributed by atoms with Crippen molar-refractivity contribution in [2.45, 2.75) is 13.3 Å². The standard InChI is InChI=1S/C11H11BrFN3S/c1-2-5-14-11-15-10(16-17-11)8-4-3-7(13)6-9(8)12/h3-4,6H,2,5H2,1H3,(H,14,15,16). The molecule has 1 aromatic carbocycles. The maximum atomic E-state index is 13.0. The summed E-state index contributed by atoms with van der Waals surface area (Å²) >= 11 is 4.62. The van der Waals surface area contributed by atoms with E-state index in [1.54, 1.807) is 6.07 Å². The monoisotopic (exact) mass is 315 g/mol. The molecule has 0 spiro atoms. The number of rotatable bonds is 4. The van der Waals surface area contributed by atoms with Crippen LogP contribution in [0.15, 0.2) is 22.7 Å². The molecule has 1 heterocycles. The third kappa shape index (κ3) is 3.01. The Morgan fingerprint density at radius 3 is 3.00 bits per heavy atom. The number of halogens is 2. The molecular formula is C11H11BrFN3S. The minimum absolute atomic E-state index is 0.278. The highest BCUT2D eigenvalue weighted by atomic mass is 79.9. The fraction of sp³-hybridized carbons (Fsp3) is 0.273. The lowest BCUT2D eigenvalue weighted by molar-refractivity contribution is 0.627. The van der Waals surface area contributed by atoms with Crippen LogP contribution in [0.25, 0.3) is 11.4 Å². The lowest BCUT2D eigenvalue weighted by Crippen LogP contribution is -1.98. The molecule has 6 heteroatoms. The molecule has 0 amide bonds. The van der Waals surface area contributed by atoms with Crippen molar-refractivity contribution in [1.29, 1.82) is 0 Å². The van der Waals surface area contributed by atoms with Gasteiger partial charge in [-0.15, -0.1) is 0 Å². The van der Waals surface area contributed by atoms with Crippen LogP contribution < -0.4 is 5.32 Å². The second-order valence-corrected chi connectivity index (χ2v) is 5.08. The Hall–Kier alpha value is -1.01. The van der Waals surface area contributed by atoms with E-state index in [4.69, 9.17) is 0 Å². The molecule has 0 saturated carbocycles. The smallest absolute Gasteiger partial charge is 0.202 e. The number of anilines is 1. The van der Waals surface area contributed by atoms with E-state index in [9.17, 15) is 4.39 Å². The minimum Gasteiger partial charge on any atom is -0.360 e. The first-order chi connectivity index (χ1) is 8.20. The number of benzene rings is 1. The zero-order valence-electron chi connectivity index (χ0n) is 9.20. The van der Waals surface area contributed by atoms with Crippen molar-refractivity contribution in [1.82, 2.24) is 9.36 Å². The molecule has 3 nitrogen and oxygen atoms in total. The molecule has 0 bridgehead atoms. The van der Waals surface area contributed by atoms with Crippen LogP contribution in [-0.2, 0) is 0 Å². The Bertz CT molecular complexity index is 515. The normalized spacial score (nSPS) is 10.5. The third-order valence-corrected chi connectivity index (χ3v) is 3.45. The predicted octanol–water partition coefficient (Wildman–Crippen LogP) is 3.93. The molecule has 1 N–H and O–H groups in total. The average molecular weight is 316 g/mol. The SMILES string of the molecule is CCCNc1nc(-c2ccc(F)cc2Br)ns1. The first-order valence-corrected chi connectivity index (χ1v) is 6.80. The quantitative estimate of drug-likeness (QED) is 0.929. The van der Waals surface area contributed by atoms with Crippen LogP contribution in [0.3, 0.4) is 0 Å². The third-order valence-electron chi connectivity index (χ3n) is 2.12. The van der Waals surface area contributed by atoms with E-state index in [0.29, 0.717) is 10.3 Å². The van der Waals surface area contributed by atoms with Gasteiger partial charge >= 0.3 is 0 Å². The summed E-state index contributed by atoms with van der Waals surface area (Å²) in [6, 6.07) is 4.49. The molecule has 2 aromatic rings. The highest BCUT2D eigenvalue weighted by molar-refractivity contribution is 9.10. The summed E-state index contributed by atoms with van der Waals surface area (Å²) in [6.45, 7) is 2.96. The highest BCUT2D eigenvalue weighted by Gasteiger charge is 2.10. The first-order valence-electron chi connectivity index (χ1n) is 5.23. The van der Waals surface area contributed by atoms with Gasteiger partial charge in [-0.05, 0) is 40.5 Å². The number of hydrogen-bond acceptors (Lipinski definition) is 4. The number of hydrogen-bond donors (Lipinski definition) is 1. The number of nitrogens with one attached hydrogen (secondary N) is 1. The summed E-state index contributed by atoms with van der Waals surface area (Å²) in [5, 5.41) is 3.96. The molecule has 90 valence electrons. The Morgan fingerprint density at radius 1 is 1.47 bits per heavy atom. The Labute approximate surface area is 111 Å². The van der Waals surface area contributed by atoms with E-state index in [1.165, 1.54) is 23.7 Å². The van der Waals surface area contributed by atoms with E-state index in [2.05, 4.69) is 37.5 Å². The molecule has 1 aromatic heterocycles. The Balaban J connectivity index is 2.24. The summed E-state index contributed by atoms with van der Waals surface area (Å²) in [5.41, 5.74) is 0.798. The fourth-order valence-corrected chi connectivity index (χ4v) is 2.44. The van der Waals surface area contributed by atoms with Crippen LogP contribution in [0.1, 0.15) is 13.3 Å². The van der Waals surface area contributed by atoms with Crippen molar-refractivity contribution in [2.24, 2.45) is 0 Å².